The van der Waals surface area contributed by atoms with Crippen LogP contribution >= 0.6 is 0 Å². The number of esters is 1. The third-order valence-electron chi connectivity index (χ3n) is 3.92. The van der Waals surface area contributed by atoms with Crippen LogP contribution in [0.5, 0.6) is 0 Å². The Morgan fingerprint density at radius 3 is 2.16 bits per heavy atom. The highest BCUT2D eigenvalue weighted by Crippen LogP contribution is 2.58. The van der Waals surface area contributed by atoms with Crippen molar-refractivity contribution in [1.82, 2.24) is 0 Å². The second kappa shape index (κ2) is 6.27. The first-order valence-electron chi connectivity index (χ1n) is 7.25. The molecule has 0 saturated carbocycles. The fourth-order valence-corrected chi connectivity index (χ4v) is 2.64. The van der Waals surface area contributed by atoms with Crippen LogP contribution < -0.4 is 0 Å². The Balaban J connectivity index is 2.38. The molecule has 9 heteroatoms. The van der Waals surface area contributed by atoms with Crippen molar-refractivity contribution in [2.24, 2.45) is 5.92 Å². The van der Waals surface area contributed by atoms with Gasteiger partial charge in [0.2, 0.25) is 5.60 Å². The van der Waals surface area contributed by atoms with Crippen LogP contribution in [0.2, 0.25) is 0 Å². The Kier molecular flexibility index (Phi) is 4.80. The first-order valence-corrected chi connectivity index (χ1v) is 7.25. The zero-order valence-electron chi connectivity index (χ0n) is 13.2. The maximum absolute atomic E-state index is 13.6. The molecule has 0 aliphatic carbocycles. The minimum absolute atomic E-state index is 0.0420. The standard InChI is InChI=1S/C16H14F6O3/c1-3-24-13(23)8-12-9(2)14(25-12,16(20,21)22)10-4-6-11(7-5-10)15(17,18)19/h4-9H,3H2,1-2H3/t9-,14-/m1/s1. The van der Waals surface area contributed by atoms with E-state index in [0.717, 1.165) is 18.2 Å². The van der Waals surface area contributed by atoms with E-state index in [1.807, 2.05) is 0 Å². The van der Waals surface area contributed by atoms with Crippen LogP contribution in [0, 0.1) is 5.92 Å². The number of hydrogen-bond acceptors (Lipinski definition) is 3. The highest BCUT2D eigenvalue weighted by Gasteiger charge is 2.69. The van der Waals surface area contributed by atoms with Gasteiger partial charge in [-0.1, -0.05) is 19.1 Å². The predicted molar refractivity (Wildman–Crippen MR) is 74.1 cm³/mol. The van der Waals surface area contributed by atoms with E-state index >= 15 is 0 Å². The summed E-state index contributed by atoms with van der Waals surface area (Å²) >= 11 is 0. The Morgan fingerprint density at radius 2 is 1.76 bits per heavy atom. The van der Waals surface area contributed by atoms with Gasteiger partial charge in [0.1, 0.15) is 5.76 Å². The lowest BCUT2D eigenvalue weighted by Crippen LogP contribution is -2.58. The normalized spacial score (nSPS) is 25.3. The molecule has 1 aliphatic rings. The van der Waals surface area contributed by atoms with Gasteiger partial charge in [-0.2, -0.15) is 26.3 Å². The summed E-state index contributed by atoms with van der Waals surface area (Å²) in [6.45, 7) is 2.75. The fourth-order valence-electron chi connectivity index (χ4n) is 2.64. The van der Waals surface area contributed by atoms with E-state index in [1.165, 1.54) is 13.8 Å². The maximum Gasteiger partial charge on any atom is 0.433 e. The van der Waals surface area contributed by atoms with Gasteiger partial charge in [-0.25, -0.2) is 4.79 Å². The van der Waals surface area contributed by atoms with Crippen molar-refractivity contribution in [1.29, 1.82) is 0 Å². The van der Waals surface area contributed by atoms with Gasteiger partial charge in [-0.05, 0) is 19.1 Å². The molecule has 3 nitrogen and oxygen atoms in total. The Labute approximate surface area is 139 Å². The van der Waals surface area contributed by atoms with Gasteiger partial charge >= 0.3 is 18.3 Å². The van der Waals surface area contributed by atoms with Crippen LogP contribution in [-0.2, 0) is 26.0 Å². The molecule has 1 aliphatic heterocycles. The number of carbonyl (C=O) groups excluding carboxylic acids is 1. The zero-order chi connectivity index (χ0) is 19.0. The van der Waals surface area contributed by atoms with Crippen LogP contribution in [0.15, 0.2) is 36.1 Å². The Morgan fingerprint density at radius 1 is 1.20 bits per heavy atom. The average molecular weight is 368 g/mol. The van der Waals surface area contributed by atoms with Crippen molar-refractivity contribution in [2.75, 3.05) is 6.61 Å². The van der Waals surface area contributed by atoms with Crippen molar-refractivity contribution in [3.05, 3.63) is 47.2 Å². The minimum Gasteiger partial charge on any atom is -0.476 e. The largest absolute Gasteiger partial charge is 0.476 e. The van der Waals surface area contributed by atoms with Gasteiger partial charge < -0.3 is 9.47 Å². The van der Waals surface area contributed by atoms with Crippen molar-refractivity contribution < 1.29 is 40.6 Å². The van der Waals surface area contributed by atoms with Crippen molar-refractivity contribution >= 4 is 5.97 Å². The molecule has 0 aromatic heterocycles. The smallest absolute Gasteiger partial charge is 0.433 e. The summed E-state index contributed by atoms with van der Waals surface area (Å²) in [6.07, 6.45) is -8.74. The van der Waals surface area contributed by atoms with E-state index in [4.69, 9.17) is 4.74 Å². The van der Waals surface area contributed by atoms with E-state index in [0.29, 0.717) is 12.1 Å². The molecule has 2 atom stereocenters. The fraction of sp³-hybridized carbons (Fsp3) is 0.438. The number of halogens is 6. The van der Waals surface area contributed by atoms with E-state index in [1.54, 1.807) is 0 Å². The van der Waals surface area contributed by atoms with Gasteiger partial charge in [0.05, 0.1) is 24.2 Å². The number of carbonyl (C=O) groups is 1. The summed E-state index contributed by atoms with van der Waals surface area (Å²) in [4.78, 5) is 11.4. The highest BCUT2D eigenvalue weighted by molar-refractivity contribution is 5.82. The number of ether oxygens (including phenoxy) is 2. The molecule has 1 aromatic carbocycles. The van der Waals surface area contributed by atoms with E-state index in [9.17, 15) is 31.1 Å². The van der Waals surface area contributed by atoms with Crippen molar-refractivity contribution in [2.45, 2.75) is 31.8 Å². The second-order valence-corrected chi connectivity index (χ2v) is 5.43. The molecule has 1 saturated heterocycles. The summed E-state index contributed by atoms with van der Waals surface area (Å²) < 4.78 is 88.0. The molecule has 0 radical (unpaired) electrons. The monoisotopic (exact) mass is 368 g/mol. The molecule has 0 amide bonds. The lowest BCUT2D eigenvalue weighted by atomic mass is 9.75. The zero-order valence-corrected chi connectivity index (χ0v) is 13.2. The molecule has 1 aromatic rings. The molecular weight excluding hydrogens is 354 g/mol. The van der Waals surface area contributed by atoms with Gasteiger partial charge in [0, 0.05) is 5.56 Å². The lowest BCUT2D eigenvalue weighted by Gasteiger charge is -2.50. The van der Waals surface area contributed by atoms with E-state index in [2.05, 4.69) is 4.74 Å². The summed E-state index contributed by atoms with van der Waals surface area (Å²) in [7, 11) is 0. The molecule has 0 bridgehead atoms. The number of benzene rings is 1. The average Bonchev–Trinajstić information content (AvgIpc) is 2.49. The van der Waals surface area contributed by atoms with Crippen LogP contribution in [-0.4, -0.2) is 18.8 Å². The SMILES string of the molecule is CCOC(=O)C=C1O[C@](c2ccc(C(F)(F)F)cc2)(C(F)(F)F)[C@@H]1C. The maximum atomic E-state index is 13.6. The summed E-state index contributed by atoms with van der Waals surface area (Å²) in [5, 5.41) is 0. The first kappa shape index (κ1) is 19.1. The van der Waals surface area contributed by atoms with Crippen LogP contribution in [0.25, 0.3) is 0 Å². The molecule has 2 rings (SSSR count). The van der Waals surface area contributed by atoms with Crippen molar-refractivity contribution in [3.8, 4) is 0 Å². The summed E-state index contributed by atoms with van der Waals surface area (Å²) in [6, 6.07) is 2.58. The van der Waals surface area contributed by atoms with E-state index < -0.39 is 41.0 Å². The molecule has 25 heavy (non-hydrogen) atoms. The van der Waals surface area contributed by atoms with Gasteiger partial charge in [-0.15, -0.1) is 0 Å². The molecule has 0 spiro atoms. The van der Waals surface area contributed by atoms with Crippen LogP contribution in [0.4, 0.5) is 26.3 Å². The van der Waals surface area contributed by atoms with Gasteiger partial charge in [0.15, 0.2) is 0 Å². The quantitative estimate of drug-likeness (QED) is 0.445. The Hall–Kier alpha value is -2.19. The predicted octanol–water partition coefficient (Wildman–Crippen LogP) is 4.58. The Bertz CT molecular complexity index is 675. The molecular formula is C16H14F6O3. The molecule has 1 heterocycles. The number of hydrogen-bond donors (Lipinski definition) is 0. The highest BCUT2D eigenvalue weighted by atomic mass is 19.4. The third-order valence-corrected chi connectivity index (χ3v) is 3.92. The summed E-state index contributed by atoms with van der Waals surface area (Å²) in [5.74, 6) is -2.39. The lowest BCUT2D eigenvalue weighted by molar-refractivity contribution is -0.332. The molecule has 0 N–H and O–H groups in total. The molecule has 138 valence electrons. The summed E-state index contributed by atoms with van der Waals surface area (Å²) in [5.41, 5.74) is -4.35. The second-order valence-electron chi connectivity index (χ2n) is 5.43. The number of rotatable bonds is 3. The van der Waals surface area contributed by atoms with Crippen LogP contribution in [0.1, 0.15) is 25.0 Å². The molecule has 0 unspecified atom stereocenters. The van der Waals surface area contributed by atoms with Gasteiger partial charge in [-0.3, -0.25) is 0 Å². The van der Waals surface area contributed by atoms with Crippen molar-refractivity contribution in [3.63, 3.8) is 0 Å². The molecule has 1 fully saturated rings. The van der Waals surface area contributed by atoms with Gasteiger partial charge in [0.25, 0.3) is 0 Å². The van der Waals surface area contributed by atoms with Crippen LogP contribution in [0.3, 0.4) is 0 Å². The first-order chi connectivity index (χ1) is 11.4. The number of alkyl halides is 6. The van der Waals surface area contributed by atoms with E-state index in [-0.39, 0.29) is 12.4 Å². The minimum atomic E-state index is -4.89. The third kappa shape index (κ3) is 3.32. The topological polar surface area (TPSA) is 35.5 Å².